The van der Waals surface area contributed by atoms with E-state index >= 15 is 0 Å². The fraction of sp³-hybridized carbons (Fsp3) is 0.857. The minimum Gasteiger partial charge on any atom is -0.394 e. The van der Waals surface area contributed by atoms with Gasteiger partial charge in [0.15, 0.2) is 11.9 Å². The van der Waals surface area contributed by atoms with Crippen LogP contribution in [0.15, 0.2) is 0 Å². The first-order valence-corrected chi connectivity index (χ1v) is 3.87. The molecule has 84 valence electrons. The highest BCUT2D eigenvalue weighted by atomic mass is 16.4. The zero-order valence-electron chi connectivity index (χ0n) is 7.32. The topological polar surface area (TPSA) is 138 Å². The van der Waals surface area contributed by atoms with Gasteiger partial charge in [0.1, 0.15) is 18.3 Å². The summed E-state index contributed by atoms with van der Waals surface area (Å²) < 4.78 is 0. The Hall–Kier alpha value is -0.570. The van der Waals surface area contributed by atoms with Crippen LogP contribution in [0.2, 0.25) is 0 Å². The van der Waals surface area contributed by atoms with Crippen LogP contribution in [0.1, 0.15) is 0 Å². The van der Waals surface area contributed by atoms with Crippen LogP contribution in [0, 0.1) is 0 Å². The van der Waals surface area contributed by atoms with Crippen LogP contribution in [-0.2, 0) is 4.79 Å². The van der Waals surface area contributed by atoms with E-state index in [4.69, 9.17) is 20.4 Å². The van der Waals surface area contributed by atoms with E-state index in [9.17, 15) is 15.0 Å². The minimum absolute atomic E-state index is 0.148. The SMILES string of the molecule is O=C[C@@](O)(CO)[C@@H](O)[C@H](O)[C@@H](O)CO. The third kappa shape index (κ3) is 2.71. The molecule has 0 aromatic heterocycles. The predicted octanol–water partition coefficient (Wildman–Crippen LogP) is -4.02. The highest BCUT2D eigenvalue weighted by molar-refractivity contribution is 5.63. The normalized spacial score (nSPS) is 22.1. The summed E-state index contributed by atoms with van der Waals surface area (Å²) in [5.74, 6) is 0. The zero-order valence-corrected chi connectivity index (χ0v) is 7.32. The lowest BCUT2D eigenvalue weighted by atomic mass is 9.92. The summed E-state index contributed by atoms with van der Waals surface area (Å²) >= 11 is 0. The number of hydrogen-bond acceptors (Lipinski definition) is 7. The summed E-state index contributed by atoms with van der Waals surface area (Å²) in [4.78, 5) is 10.3. The maximum atomic E-state index is 10.3. The minimum atomic E-state index is -2.55. The van der Waals surface area contributed by atoms with Crippen molar-refractivity contribution in [3.8, 4) is 0 Å². The largest absolute Gasteiger partial charge is 0.394 e. The lowest BCUT2D eigenvalue weighted by Crippen LogP contribution is -2.56. The smallest absolute Gasteiger partial charge is 0.171 e. The molecule has 0 bridgehead atoms. The van der Waals surface area contributed by atoms with E-state index in [0.717, 1.165) is 0 Å². The van der Waals surface area contributed by atoms with E-state index in [1.54, 1.807) is 0 Å². The summed E-state index contributed by atoms with van der Waals surface area (Å²) in [5.41, 5.74) is -2.55. The van der Waals surface area contributed by atoms with Gasteiger partial charge in [0.25, 0.3) is 0 Å². The Morgan fingerprint density at radius 3 is 2.00 bits per heavy atom. The highest BCUT2D eigenvalue weighted by Gasteiger charge is 2.41. The van der Waals surface area contributed by atoms with Crippen molar-refractivity contribution in [2.24, 2.45) is 0 Å². The van der Waals surface area contributed by atoms with Crippen LogP contribution in [0.5, 0.6) is 0 Å². The summed E-state index contributed by atoms with van der Waals surface area (Å²) in [5, 5.41) is 53.3. The lowest BCUT2D eigenvalue weighted by molar-refractivity contribution is -0.173. The second kappa shape index (κ2) is 5.35. The fourth-order valence-corrected chi connectivity index (χ4v) is 0.815. The van der Waals surface area contributed by atoms with Crippen LogP contribution in [0.3, 0.4) is 0 Å². The molecule has 0 fully saturated rings. The molecule has 0 amide bonds. The number of carbonyl (C=O) groups is 1. The van der Waals surface area contributed by atoms with Gasteiger partial charge in [-0.15, -0.1) is 0 Å². The molecule has 0 saturated carbocycles. The number of carbonyl (C=O) groups excluding carboxylic acids is 1. The molecule has 0 aliphatic rings. The first-order chi connectivity index (χ1) is 6.42. The molecule has 0 aliphatic heterocycles. The van der Waals surface area contributed by atoms with Gasteiger partial charge in [0.2, 0.25) is 0 Å². The van der Waals surface area contributed by atoms with Crippen LogP contribution in [-0.4, -0.2) is 74.1 Å². The van der Waals surface area contributed by atoms with Gasteiger partial charge < -0.3 is 30.6 Å². The van der Waals surface area contributed by atoms with Crippen molar-refractivity contribution >= 4 is 6.29 Å². The molecule has 6 N–H and O–H groups in total. The Balaban J connectivity index is 4.57. The summed E-state index contributed by atoms with van der Waals surface area (Å²) in [6.07, 6.45) is -5.86. The molecule has 0 heterocycles. The first kappa shape index (κ1) is 13.4. The van der Waals surface area contributed by atoms with Crippen LogP contribution >= 0.6 is 0 Å². The molecule has 7 nitrogen and oxygen atoms in total. The molecule has 0 rings (SSSR count). The van der Waals surface area contributed by atoms with E-state index < -0.39 is 37.1 Å². The lowest BCUT2D eigenvalue weighted by Gasteiger charge is -2.30. The second-order valence-electron chi connectivity index (χ2n) is 2.95. The predicted molar refractivity (Wildman–Crippen MR) is 43.2 cm³/mol. The van der Waals surface area contributed by atoms with Gasteiger partial charge >= 0.3 is 0 Å². The number of aldehydes is 1. The molecule has 0 aromatic rings. The van der Waals surface area contributed by atoms with Crippen molar-refractivity contribution in [1.82, 2.24) is 0 Å². The molecule has 0 unspecified atom stereocenters. The Kier molecular flexibility index (Phi) is 5.13. The molecule has 0 radical (unpaired) electrons. The van der Waals surface area contributed by atoms with Gasteiger partial charge in [0, 0.05) is 0 Å². The molecule has 7 heteroatoms. The summed E-state index contributed by atoms with van der Waals surface area (Å²) in [6, 6.07) is 0. The number of hydrogen-bond donors (Lipinski definition) is 6. The van der Waals surface area contributed by atoms with Gasteiger partial charge in [-0.2, -0.15) is 0 Å². The third-order valence-electron chi connectivity index (χ3n) is 1.87. The van der Waals surface area contributed by atoms with Gasteiger partial charge in [0.05, 0.1) is 13.2 Å². The maximum Gasteiger partial charge on any atom is 0.171 e. The van der Waals surface area contributed by atoms with E-state index in [2.05, 4.69) is 0 Å². The molecule has 14 heavy (non-hydrogen) atoms. The molecule has 0 saturated heterocycles. The van der Waals surface area contributed by atoms with Crippen molar-refractivity contribution in [3.05, 3.63) is 0 Å². The Bertz CT molecular complexity index is 185. The van der Waals surface area contributed by atoms with Gasteiger partial charge in [-0.3, -0.25) is 4.79 Å². The van der Waals surface area contributed by atoms with Crippen LogP contribution in [0.25, 0.3) is 0 Å². The van der Waals surface area contributed by atoms with Crippen molar-refractivity contribution < 1.29 is 35.4 Å². The van der Waals surface area contributed by atoms with Crippen LogP contribution < -0.4 is 0 Å². The van der Waals surface area contributed by atoms with Gasteiger partial charge in [-0.1, -0.05) is 0 Å². The third-order valence-corrected chi connectivity index (χ3v) is 1.87. The average molecular weight is 210 g/mol. The van der Waals surface area contributed by atoms with E-state index in [0.29, 0.717) is 0 Å². The number of rotatable bonds is 6. The zero-order chi connectivity index (χ0) is 11.4. The second-order valence-corrected chi connectivity index (χ2v) is 2.95. The van der Waals surface area contributed by atoms with E-state index in [1.165, 1.54) is 0 Å². The Morgan fingerprint density at radius 2 is 1.71 bits per heavy atom. The molecular formula is C7H14O7. The first-order valence-electron chi connectivity index (χ1n) is 3.87. The maximum absolute atomic E-state index is 10.3. The van der Waals surface area contributed by atoms with Crippen molar-refractivity contribution in [2.45, 2.75) is 23.9 Å². The number of aliphatic hydroxyl groups excluding tert-OH is 5. The van der Waals surface area contributed by atoms with Crippen molar-refractivity contribution in [3.63, 3.8) is 0 Å². The molecular weight excluding hydrogens is 196 g/mol. The standard InChI is InChI=1S/C7H14O7/c8-1-4(11)5(12)6(13)7(14,2-9)3-10/h2,4-6,8,10-14H,1,3H2/t4-,5+,6-,7+/m0/s1. The Morgan fingerprint density at radius 1 is 1.21 bits per heavy atom. The highest BCUT2D eigenvalue weighted by Crippen LogP contribution is 2.13. The van der Waals surface area contributed by atoms with E-state index in [1.807, 2.05) is 0 Å². The average Bonchev–Trinajstić information content (AvgIpc) is 2.24. The van der Waals surface area contributed by atoms with Crippen molar-refractivity contribution in [1.29, 1.82) is 0 Å². The van der Waals surface area contributed by atoms with E-state index in [-0.39, 0.29) is 6.29 Å². The quantitative estimate of drug-likeness (QED) is 0.245. The molecule has 0 spiro atoms. The van der Waals surface area contributed by atoms with Gasteiger partial charge in [-0.25, -0.2) is 0 Å². The molecule has 4 atom stereocenters. The van der Waals surface area contributed by atoms with Crippen molar-refractivity contribution in [2.75, 3.05) is 13.2 Å². The fourth-order valence-electron chi connectivity index (χ4n) is 0.815. The van der Waals surface area contributed by atoms with Crippen LogP contribution in [0.4, 0.5) is 0 Å². The molecule has 0 aromatic carbocycles. The Labute approximate surface area is 79.9 Å². The molecule has 0 aliphatic carbocycles. The van der Waals surface area contributed by atoms with Gasteiger partial charge in [-0.05, 0) is 0 Å². The summed E-state index contributed by atoms with van der Waals surface area (Å²) in [6.45, 7) is -1.95. The summed E-state index contributed by atoms with van der Waals surface area (Å²) in [7, 11) is 0. The number of aliphatic hydroxyl groups is 6. The monoisotopic (exact) mass is 210 g/mol.